The second kappa shape index (κ2) is 8.52. The van der Waals surface area contributed by atoms with Gasteiger partial charge in [0.25, 0.3) is 0 Å². The smallest absolute Gasteiger partial charge is 0.241 e. The molecule has 1 rings (SSSR count). The van der Waals surface area contributed by atoms with Crippen LogP contribution in [0.5, 0.6) is 5.75 Å². The second-order valence-corrected chi connectivity index (χ2v) is 8.53. The van der Waals surface area contributed by atoms with Crippen LogP contribution in [0.1, 0.15) is 20.3 Å². The highest BCUT2D eigenvalue weighted by atomic mass is 35.5. The van der Waals surface area contributed by atoms with Crippen LogP contribution in [-0.2, 0) is 14.6 Å². The minimum absolute atomic E-state index is 0.0635. The second-order valence-electron chi connectivity index (χ2n) is 5.86. The third-order valence-electron chi connectivity index (χ3n) is 2.91. The fraction of sp³-hybridized carbons (Fsp3) is 0.533. The van der Waals surface area contributed by atoms with Crippen LogP contribution >= 0.6 is 11.6 Å². The number of halogens is 1. The van der Waals surface area contributed by atoms with Crippen LogP contribution in [0.4, 0.5) is 5.69 Å². The first kappa shape index (κ1) is 19.7. The summed E-state index contributed by atoms with van der Waals surface area (Å²) in [7, 11) is -3.15. The number of amides is 1. The predicted molar refractivity (Wildman–Crippen MR) is 92.7 cm³/mol. The highest BCUT2D eigenvalue weighted by molar-refractivity contribution is 7.90. The number of nitrogens with two attached hydrogens (primary N) is 1. The van der Waals surface area contributed by atoms with Crippen molar-refractivity contribution in [2.75, 3.05) is 23.9 Å². The number of anilines is 1. The maximum absolute atomic E-state index is 11.9. The van der Waals surface area contributed by atoms with Crippen LogP contribution < -0.4 is 15.8 Å². The van der Waals surface area contributed by atoms with Gasteiger partial charge < -0.3 is 15.8 Å². The SMILES string of the molecule is CC(C)COc1ccc(NC(=O)C(N)CCS(C)(=O)=O)cc1Cl. The predicted octanol–water partition coefficient (Wildman–Crippen LogP) is 2.08. The first-order valence-electron chi connectivity index (χ1n) is 7.25. The highest BCUT2D eigenvalue weighted by Crippen LogP contribution is 2.28. The number of ether oxygens (including phenoxy) is 1. The van der Waals surface area contributed by atoms with E-state index in [1.165, 1.54) is 0 Å². The van der Waals surface area contributed by atoms with Crippen LogP contribution in [0.3, 0.4) is 0 Å². The van der Waals surface area contributed by atoms with Crippen molar-refractivity contribution < 1.29 is 17.9 Å². The summed E-state index contributed by atoms with van der Waals surface area (Å²) in [4.78, 5) is 11.9. The lowest BCUT2D eigenvalue weighted by Gasteiger charge is -2.14. The summed E-state index contributed by atoms with van der Waals surface area (Å²) in [5.41, 5.74) is 6.17. The zero-order valence-corrected chi connectivity index (χ0v) is 15.1. The van der Waals surface area contributed by atoms with Crippen LogP contribution in [0.2, 0.25) is 5.02 Å². The highest BCUT2D eigenvalue weighted by Gasteiger charge is 2.16. The number of sulfone groups is 1. The summed E-state index contributed by atoms with van der Waals surface area (Å²) < 4.78 is 27.7. The summed E-state index contributed by atoms with van der Waals surface area (Å²) in [5.74, 6) is 0.322. The zero-order valence-electron chi connectivity index (χ0n) is 13.5. The van der Waals surface area contributed by atoms with Crippen molar-refractivity contribution in [3.05, 3.63) is 23.2 Å². The van der Waals surface area contributed by atoms with Crippen molar-refractivity contribution in [3.63, 3.8) is 0 Å². The number of hydrogen-bond acceptors (Lipinski definition) is 5. The molecule has 0 heterocycles. The van der Waals surface area contributed by atoms with E-state index < -0.39 is 21.8 Å². The Bertz CT molecular complexity index is 647. The van der Waals surface area contributed by atoms with E-state index >= 15 is 0 Å². The number of nitrogens with one attached hydrogen (secondary N) is 1. The molecule has 0 fully saturated rings. The molecule has 23 heavy (non-hydrogen) atoms. The Balaban J connectivity index is 2.63. The molecule has 0 spiro atoms. The van der Waals surface area contributed by atoms with Crippen molar-refractivity contribution in [1.29, 1.82) is 0 Å². The third-order valence-corrected chi connectivity index (χ3v) is 4.18. The fourth-order valence-electron chi connectivity index (χ4n) is 1.66. The Morgan fingerprint density at radius 1 is 1.39 bits per heavy atom. The molecular weight excluding hydrogens is 340 g/mol. The minimum atomic E-state index is -3.15. The summed E-state index contributed by atoms with van der Waals surface area (Å²) in [6.45, 7) is 4.60. The molecule has 1 aromatic rings. The average molecular weight is 363 g/mol. The van der Waals surface area contributed by atoms with Crippen molar-refractivity contribution in [1.82, 2.24) is 0 Å². The number of benzene rings is 1. The molecule has 3 N–H and O–H groups in total. The lowest BCUT2D eigenvalue weighted by atomic mass is 10.2. The molecule has 0 aliphatic rings. The van der Waals surface area contributed by atoms with Crippen molar-refractivity contribution in [3.8, 4) is 5.75 Å². The Morgan fingerprint density at radius 2 is 2.04 bits per heavy atom. The van der Waals surface area contributed by atoms with Crippen LogP contribution in [0.25, 0.3) is 0 Å². The zero-order chi connectivity index (χ0) is 17.6. The Kier molecular flexibility index (Phi) is 7.31. The lowest BCUT2D eigenvalue weighted by molar-refractivity contribution is -0.117. The summed E-state index contributed by atoms with van der Waals surface area (Å²) in [6.07, 6.45) is 1.17. The van der Waals surface area contributed by atoms with Crippen LogP contribution in [0.15, 0.2) is 18.2 Å². The molecule has 0 saturated carbocycles. The van der Waals surface area contributed by atoms with E-state index in [9.17, 15) is 13.2 Å². The van der Waals surface area contributed by atoms with Crippen molar-refractivity contribution >= 4 is 33.0 Å². The number of hydrogen-bond donors (Lipinski definition) is 2. The number of rotatable bonds is 8. The monoisotopic (exact) mass is 362 g/mol. The van der Waals surface area contributed by atoms with Gasteiger partial charge in [-0.1, -0.05) is 25.4 Å². The molecule has 0 aromatic heterocycles. The number of carbonyl (C=O) groups excluding carboxylic acids is 1. The molecule has 1 amide bonds. The molecule has 0 aliphatic heterocycles. The first-order valence-corrected chi connectivity index (χ1v) is 9.69. The maximum atomic E-state index is 11.9. The molecule has 1 atom stereocenters. The number of carbonyl (C=O) groups is 1. The molecule has 0 saturated heterocycles. The van der Waals surface area contributed by atoms with E-state index in [4.69, 9.17) is 22.1 Å². The van der Waals surface area contributed by atoms with Crippen molar-refractivity contribution in [2.24, 2.45) is 11.7 Å². The Labute approximate surface area is 142 Å². The van der Waals surface area contributed by atoms with Crippen molar-refractivity contribution in [2.45, 2.75) is 26.3 Å². The van der Waals surface area contributed by atoms with Gasteiger partial charge in [-0.15, -0.1) is 0 Å². The summed E-state index contributed by atoms with van der Waals surface area (Å²) in [6, 6.07) is 3.99. The van der Waals surface area contributed by atoms with Gasteiger partial charge in [0, 0.05) is 11.9 Å². The lowest BCUT2D eigenvalue weighted by Crippen LogP contribution is -2.37. The third kappa shape index (κ3) is 7.67. The summed E-state index contributed by atoms with van der Waals surface area (Å²) in [5, 5.41) is 2.99. The Morgan fingerprint density at radius 3 is 2.57 bits per heavy atom. The largest absolute Gasteiger partial charge is 0.492 e. The Hall–Kier alpha value is -1.31. The van der Waals surface area contributed by atoms with Crippen LogP contribution in [-0.4, -0.2) is 39.0 Å². The standard InChI is InChI=1S/C15H23ClN2O4S/c1-10(2)9-22-14-5-4-11(8-12(14)16)18-15(19)13(17)6-7-23(3,20)21/h4-5,8,10,13H,6-7,9,17H2,1-3H3,(H,18,19). The molecule has 0 aliphatic carbocycles. The van der Waals surface area contributed by atoms with E-state index in [-0.39, 0.29) is 12.2 Å². The molecule has 1 unspecified atom stereocenters. The van der Waals surface area contributed by atoms with Gasteiger partial charge in [0.05, 0.1) is 23.4 Å². The van der Waals surface area contributed by atoms with E-state index in [1.54, 1.807) is 18.2 Å². The van der Waals surface area contributed by atoms with Gasteiger partial charge in [-0.05, 0) is 30.5 Å². The topological polar surface area (TPSA) is 98.5 Å². The quantitative estimate of drug-likeness (QED) is 0.737. The summed E-state index contributed by atoms with van der Waals surface area (Å²) >= 11 is 6.11. The first-order chi connectivity index (χ1) is 10.6. The van der Waals surface area contributed by atoms with Gasteiger partial charge in [0.1, 0.15) is 15.6 Å². The molecule has 0 radical (unpaired) electrons. The van der Waals surface area contributed by atoms with E-state index in [2.05, 4.69) is 5.32 Å². The van der Waals surface area contributed by atoms with Crippen LogP contribution in [0, 0.1) is 5.92 Å². The van der Waals surface area contributed by atoms with Gasteiger partial charge in [-0.25, -0.2) is 8.42 Å². The molecular formula is C15H23ClN2O4S. The van der Waals surface area contributed by atoms with Gasteiger partial charge in [0.15, 0.2) is 0 Å². The molecule has 8 heteroatoms. The molecule has 6 nitrogen and oxygen atoms in total. The normalized spacial score (nSPS) is 13.0. The maximum Gasteiger partial charge on any atom is 0.241 e. The van der Waals surface area contributed by atoms with E-state index in [0.717, 1.165) is 6.26 Å². The molecule has 130 valence electrons. The van der Waals surface area contributed by atoms with Gasteiger partial charge in [-0.2, -0.15) is 0 Å². The molecule has 1 aromatic carbocycles. The minimum Gasteiger partial charge on any atom is -0.492 e. The van der Waals surface area contributed by atoms with E-state index in [1.807, 2.05) is 13.8 Å². The van der Waals surface area contributed by atoms with E-state index in [0.29, 0.717) is 29.0 Å². The molecule has 0 bridgehead atoms. The van der Waals surface area contributed by atoms with Gasteiger partial charge in [0.2, 0.25) is 5.91 Å². The fourth-order valence-corrected chi connectivity index (χ4v) is 2.58. The van der Waals surface area contributed by atoms with Gasteiger partial charge in [-0.3, -0.25) is 4.79 Å². The van der Waals surface area contributed by atoms with Gasteiger partial charge >= 0.3 is 0 Å². The average Bonchev–Trinajstić information content (AvgIpc) is 2.42.